The number of carbonyl (C=O) groups is 1. The number of likely N-dealkylation sites (N-methyl/N-ethyl adjacent to an activating group) is 1. The van der Waals surface area contributed by atoms with Crippen LogP contribution < -0.4 is 5.32 Å². The van der Waals surface area contributed by atoms with E-state index >= 15 is 0 Å². The van der Waals surface area contributed by atoms with Crippen molar-refractivity contribution in [3.8, 4) is 0 Å². The Morgan fingerprint density at radius 1 is 1.23 bits per heavy atom. The number of aliphatic hydroxyl groups excluding tert-OH is 1. The van der Waals surface area contributed by atoms with E-state index in [1.165, 1.54) is 0 Å². The zero-order valence-corrected chi connectivity index (χ0v) is 22.9. The van der Waals surface area contributed by atoms with E-state index < -0.39 is 11.7 Å². The van der Waals surface area contributed by atoms with Gasteiger partial charge in [-0.3, -0.25) is 10.1 Å². The first kappa shape index (κ1) is 25.9. The van der Waals surface area contributed by atoms with Crippen LogP contribution in [0.2, 0.25) is 0 Å². The Labute approximate surface area is 211 Å². The first-order valence-electron chi connectivity index (χ1n) is 14.0. The van der Waals surface area contributed by atoms with Gasteiger partial charge in [-0.05, 0) is 91.1 Å². The first-order chi connectivity index (χ1) is 16.4. The minimum Gasteiger partial charge on any atom is -0.459 e. The number of esters is 1. The summed E-state index contributed by atoms with van der Waals surface area (Å²) in [5, 5.41) is 14.9. The Morgan fingerprint density at radius 3 is 2.63 bits per heavy atom. The minimum absolute atomic E-state index is 0.0372. The van der Waals surface area contributed by atoms with Crippen LogP contribution in [0, 0.1) is 23.2 Å². The van der Waals surface area contributed by atoms with Crippen LogP contribution in [0.5, 0.6) is 0 Å². The topological polar surface area (TPSA) is 80.3 Å². The minimum atomic E-state index is -0.523. The van der Waals surface area contributed by atoms with Gasteiger partial charge in [0.05, 0.1) is 23.9 Å². The molecule has 2 bridgehead atoms. The number of rotatable bonds is 6. The van der Waals surface area contributed by atoms with Crippen molar-refractivity contribution in [2.24, 2.45) is 23.2 Å². The predicted molar refractivity (Wildman–Crippen MR) is 134 cm³/mol. The van der Waals surface area contributed by atoms with Crippen LogP contribution in [0.4, 0.5) is 0 Å². The number of nitrogens with one attached hydrogen (secondary N) is 1. The fourth-order valence-electron chi connectivity index (χ4n) is 9.06. The lowest BCUT2D eigenvalue weighted by Gasteiger charge is -2.69. The fourth-order valence-corrected chi connectivity index (χ4v) is 9.06. The Hall–Kier alpha value is -0.730. The average Bonchev–Trinajstić information content (AvgIpc) is 3.13. The van der Waals surface area contributed by atoms with E-state index in [9.17, 15) is 9.90 Å². The lowest BCUT2D eigenvalue weighted by Crippen LogP contribution is -2.78. The average molecular weight is 493 g/mol. The number of aliphatic hydroxyl groups is 1. The highest BCUT2D eigenvalue weighted by Crippen LogP contribution is 2.70. The van der Waals surface area contributed by atoms with Gasteiger partial charge in [0.25, 0.3) is 0 Å². The van der Waals surface area contributed by atoms with E-state index in [0.717, 1.165) is 51.5 Å². The van der Waals surface area contributed by atoms with Gasteiger partial charge in [0.2, 0.25) is 0 Å². The summed E-state index contributed by atoms with van der Waals surface area (Å²) in [6.45, 7) is 11.1. The molecule has 5 aliphatic rings. The molecule has 2 heterocycles. The van der Waals surface area contributed by atoms with Gasteiger partial charge in [0, 0.05) is 30.5 Å². The standard InChI is InChI=1S/C28H48N2O5/c1-16(2)14-19(25(32)35-26(3,4)5)29-18-10-11-28(33-7)21-15-17-8-9-20(31)23-22(17)27(28,24(18)34-23)12-13-30(21)6/h16-24,29,31H,8-15H2,1-7H3/t17?,18?,19-,20?,21?,22?,23?,24-,27-,28+/m0/s1. The molecule has 7 heteroatoms. The zero-order chi connectivity index (χ0) is 25.3. The van der Waals surface area contributed by atoms with E-state index in [-0.39, 0.29) is 41.3 Å². The van der Waals surface area contributed by atoms with Crippen molar-refractivity contribution in [2.75, 3.05) is 20.7 Å². The van der Waals surface area contributed by atoms with Gasteiger partial charge in [0.1, 0.15) is 11.6 Å². The summed E-state index contributed by atoms with van der Waals surface area (Å²) in [6, 6.07) is 0.0410. The molecule has 0 amide bonds. The lowest BCUT2D eigenvalue weighted by atomic mass is 9.42. The molecule has 7 nitrogen and oxygen atoms in total. The molecule has 0 radical (unpaired) electrons. The van der Waals surface area contributed by atoms with E-state index in [1.54, 1.807) is 0 Å². The summed E-state index contributed by atoms with van der Waals surface area (Å²) in [7, 11) is 4.15. The molecule has 35 heavy (non-hydrogen) atoms. The monoisotopic (exact) mass is 492 g/mol. The smallest absolute Gasteiger partial charge is 0.323 e. The number of hydrogen-bond acceptors (Lipinski definition) is 7. The molecule has 5 rings (SSSR count). The highest BCUT2D eigenvalue weighted by atomic mass is 16.6. The number of carbonyl (C=O) groups excluding carboxylic acids is 1. The Balaban J connectivity index is 1.51. The van der Waals surface area contributed by atoms with Crippen molar-refractivity contribution in [3.05, 3.63) is 0 Å². The summed E-state index contributed by atoms with van der Waals surface area (Å²) in [6.07, 6.45) is 5.97. The lowest BCUT2D eigenvalue weighted by molar-refractivity contribution is -0.269. The maximum absolute atomic E-state index is 13.3. The third-order valence-corrected chi connectivity index (χ3v) is 10.1. The number of methoxy groups -OCH3 is 1. The molecule has 1 spiro atoms. The van der Waals surface area contributed by atoms with E-state index in [2.05, 4.69) is 31.1 Å². The second kappa shape index (κ2) is 8.93. The molecule has 200 valence electrons. The number of nitrogens with zero attached hydrogens (tertiary/aromatic N) is 1. The molecule has 2 saturated heterocycles. The Kier molecular flexibility index (Phi) is 6.61. The summed E-state index contributed by atoms with van der Waals surface area (Å²) in [5.41, 5.74) is -0.930. The van der Waals surface area contributed by atoms with Gasteiger partial charge in [-0.25, -0.2) is 0 Å². The highest BCUT2D eigenvalue weighted by molar-refractivity contribution is 5.76. The highest BCUT2D eigenvalue weighted by Gasteiger charge is 2.78. The van der Waals surface area contributed by atoms with E-state index in [4.69, 9.17) is 14.2 Å². The van der Waals surface area contributed by atoms with Gasteiger partial charge < -0.3 is 24.2 Å². The van der Waals surface area contributed by atoms with Crippen molar-refractivity contribution >= 4 is 5.97 Å². The number of likely N-dealkylation sites (tertiary alicyclic amines) is 1. The number of ether oxygens (including phenoxy) is 3. The fraction of sp³-hybridized carbons (Fsp3) is 0.964. The molecule has 3 aliphatic carbocycles. The quantitative estimate of drug-likeness (QED) is 0.552. The second-order valence-corrected chi connectivity index (χ2v) is 13.6. The van der Waals surface area contributed by atoms with Gasteiger partial charge in [0.15, 0.2) is 0 Å². The molecule has 0 aromatic carbocycles. The molecule has 10 atom stereocenters. The van der Waals surface area contributed by atoms with Crippen molar-refractivity contribution in [1.29, 1.82) is 0 Å². The third kappa shape index (κ3) is 3.91. The molecule has 0 aromatic rings. The molecular formula is C28H48N2O5. The normalized spacial score (nSPS) is 45.8. The van der Waals surface area contributed by atoms with E-state index in [0.29, 0.717) is 23.8 Å². The summed E-state index contributed by atoms with van der Waals surface area (Å²) >= 11 is 0. The van der Waals surface area contributed by atoms with Gasteiger partial charge in [-0.1, -0.05) is 13.8 Å². The van der Waals surface area contributed by atoms with Crippen molar-refractivity contribution in [2.45, 2.75) is 127 Å². The molecule has 6 unspecified atom stereocenters. The van der Waals surface area contributed by atoms with Crippen LogP contribution in [0.25, 0.3) is 0 Å². The third-order valence-electron chi connectivity index (χ3n) is 10.1. The molecule has 2 aliphatic heterocycles. The van der Waals surface area contributed by atoms with Crippen molar-refractivity contribution < 1.29 is 24.1 Å². The van der Waals surface area contributed by atoms with Gasteiger partial charge >= 0.3 is 5.97 Å². The number of hydrogen-bond donors (Lipinski definition) is 2. The number of piperidine rings is 1. The second-order valence-electron chi connectivity index (χ2n) is 13.6. The van der Waals surface area contributed by atoms with Crippen LogP contribution >= 0.6 is 0 Å². The summed E-state index contributed by atoms with van der Waals surface area (Å²) in [4.78, 5) is 15.8. The zero-order valence-electron chi connectivity index (χ0n) is 22.9. The molecule has 0 aromatic heterocycles. The van der Waals surface area contributed by atoms with Crippen LogP contribution in [0.15, 0.2) is 0 Å². The van der Waals surface area contributed by atoms with Crippen molar-refractivity contribution in [1.82, 2.24) is 10.2 Å². The van der Waals surface area contributed by atoms with Crippen LogP contribution in [0.1, 0.15) is 79.6 Å². The molecule has 3 saturated carbocycles. The molecule has 5 fully saturated rings. The van der Waals surface area contributed by atoms with Crippen LogP contribution in [-0.4, -0.2) is 84.3 Å². The molecular weight excluding hydrogens is 444 g/mol. The maximum atomic E-state index is 13.3. The Morgan fingerprint density at radius 2 is 1.97 bits per heavy atom. The van der Waals surface area contributed by atoms with Crippen LogP contribution in [-0.2, 0) is 19.0 Å². The maximum Gasteiger partial charge on any atom is 0.323 e. The Bertz CT molecular complexity index is 814. The first-order valence-corrected chi connectivity index (χ1v) is 14.0. The van der Waals surface area contributed by atoms with Crippen LogP contribution in [0.3, 0.4) is 0 Å². The predicted octanol–water partition coefficient (Wildman–Crippen LogP) is 3.13. The largest absolute Gasteiger partial charge is 0.459 e. The van der Waals surface area contributed by atoms with Gasteiger partial charge in [-0.2, -0.15) is 0 Å². The summed E-state index contributed by atoms with van der Waals surface area (Å²) in [5.74, 6) is 1.06. The molecule has 2 N–H and O–H groups in total. The summed E-state index contributed by atoms with van der Waals surface area (Å²) < 4.78 is 19.4. The van der Waals surface area contributed by atoms with E-state index in [1.807, 2.05) is 27.9 Å². The van der Waals surface area contributed by atoms with Crippen molar-refractivity contribution in [3.63, 3.8) is 0 Å². The SMILES string of the molecule is CO[C@]12CCC(N[C@@H](CC(C)C)C(=O)OC(C)(C)C)[C@@H]3OC4C(O)CCC5CC1N(C)CC[C@]32C54. The van der Waals surface area contributed by atoms with Gasteiger partial charge in [-0.15, -0.1) is 0 Å².